The Kier molecular flexibility index (Phi) is 8.52. The molecule has 32 valence electrons. The molecule has 0 heterocycles. The van der Waals surface area contributed by atoms with Crippen molar-refractivity contribution in [1.29, 1.82) is 0 Å². The minimum atomic E-state index is 0. The van der Waals surface area contributed by atoms with Crippen molar-refractivity contribution in [3.63, 3.8) is 0 Å². The van der Waals surface area contributed by atoms with Crippen LogP contribution in [0, 0.1) is 6.92 Å². The van der Waals surface area contributed by atoms with E-state index >= 15 is 0 Å². The molecule has 2 N–H and O–H groups in total. The molecule has 0 fully saturated rings. The van der Waals surface area contributed by atoms with Gasteiger partial charge in [-0.3, -0.25) is 0 Å². The Morgan fingerprint density at radius 1 is 1.80 bits per heavy atom. The maximum atomic E-state index is 5.00. The summed E-state index contributed by atoms with van der Waals surface area (Å²) in [6.07, 6.45) is 0. The molecule has 0 rings (SSSR count). The Balaban J connectivity index is 0. The second kappa shape index (κ2) is 4.65. The van der Waals surface area contributed by atoms with Crippen molar-refractivity contribution in [3.8, 4) is 0 Å². The van der Waals surface area contributed by atoms with Crippen LogP contribution >= 0.6 is 0 Å². The maximum absolute atomic E-state index is 5.00. The second-order valence-corrected chi connectivity index (χ2v) is 0.977. The number of rotatable bonds is 0. The first-order valence-corrected chi connectivity index (χ1v) is 1.32. The fourth-order valence-electron chi connectivity index (χ4n) is 0. The molecular formula is C3H8NW-. The van der Waals surface area contributed by atoms with E-state index in [1.165, 1.54) is 0 Å². The van der Waals surface area contributed by atoms with Crippen molar-refractivity contribution in [2.45, 2.75) is 13.0 Å². The molecule has 1 unspecified atom stereocenters. The molecule has 0 amide bonds. The monoisotopic (exact) mass is 242 g/mol. The molecule has 5 heavy (non-hydrogen) atoms. The minimum Gasteiger partial charge on any atom is -0.357 e. The molecule has 0 aliphatic carbocycles. The molecule has 0 aliphatic heterocycles. The molecule has 0 aromatic carbocycles. The van der Waals surface area contributed by atoms with Crippen molar-refractivity contribution < 1.29 is 21.1 Å². The summed E-state index contributed by atoms with van der Waals surface area (Å²) in [5.41, 5.74) is 5.00. The fourth-order valence-corrected chi connectivity index (χ4v) is 0. The smallest absolute Gasteiger partial charge is 0 e. The largest absolute Gasteiger partial charge is 0.357 e. The molecule has 2 heteroatoms. The van der Waals surface area contributed by atoms with Gasteiger partial charge in [-0.05, 0) is 0 Å². The Hall–Kier alpha value is 0.648. The number of nitrogens with two attached hydrogens (primary N) is 1. The Labute approximate surface area is 47.2 Å². The zero-order valence-corrected chi connectivity index (χ0v) is 6.20. The van der Waals surface area contributed by atoms with E-state index in [1.807, 2.05) is 6.92 Å². The van der Waals surface area contributed by atoms with Crippen LogP contribution < -0.4 is 5.73 Å². The van der Waals surface area contributed by atoms with Gasteiger partial charge in [0.05, 0.1) is 0 Å². The predicted octanol–water partition coefficient (Wildman–Crippen LogP) is 0.165. The first-order chi connectivity index (χ1) is 1.73. The van der Waals surface area contributed by atoms with Crippen LogP contribution in [0.3, 0.4) is 0 Å². The summed E-state index contributed by atoms with van der Waals surface area (Å²) in [5.74, 6) is 0. The van der Waals surface area contributed by atoms with Crippen molar-refractivity contribution >= 4 is 0 Å². The van der Waals surface area contributed by atoms with E-state index in [0.29, 0.717) is 0 Å². The van der Waals surface area contributed by atoms with E-state index < -0.39 is 0 Å². The van der Waals surface area contributed by atoms with Crippen molar-refractivity contribution in [2.24, 2.45) is 5.73 Å². The average molecular weight is 242 g/mol. The van der Waals surface area contributed by atoms with Gasteiger partial charge < -0.3 is 12.7 Å². The third-order valence-electron chi connectivity index (χ3n) is 0. The Morgan fingerprint density at radius 2 is 1.80 bits per heavy atom. The van der Waals surface area contributed by atoms with Gasteiger partial charge in [0.25, 0.3) is 0 Å². The van der Waals surface area contributed by atoms with Crippen LogP contribution in [-0.4, -0.2) is 6.04 Å². The van der Waals surface area contributed by atoms with Gasteiger partial charge in [-0.15, -0.1) is 6.04 Å². The topological polar surface area (TPSA) is 26.0 Å². The predicted molar refractivity (Wildman–Crippen MR) is 19.0 cm³/mol. The summed E-state index contributed by atoms with van der Waals surface area (Å²) in [4.78, 5) is 0. The van der Waals surface area contributed by atoms with Crippen LogP contribution in [0.25, 0.3) is 0 Å². The molecule has 0 radical (unpaired) electrons. The number of hydrogen-bond donors (Lipinski definition) is 1. The van der Waals surface area contributed by atoms with Crippen LogP contribution in [0.1, 0.15) is 6.92 Å². The zero-order chi connectivity index (χ0) is 3.58. The molecule has 0 bridgehead atoms. The standard InChI is InChI=1S/C3H8N.W/c1-3(2)4;/h3H,1,4H2,2H3;/q-1;. The van der Waals surface area contributed by atoms with Gasteiger partial charge in [0.15, 0.2) is 0 Å². The van der Waals surface area contributed by atoms with Crippen molar-refractivity contribution in [1.82, 2.24) is 0 Å². The molecule has 0 aromatic heterocycles. The first-order valence-electron chi connectivity index (χ1n) is 1.32. The average Bonchev–Trinajstić information content (AvgIpc) is 0.811. The van der Waals surface area contributed by atoms with Gasteiger partial charge in [-0.1, -0.05) is 6.92 Å². The SMILES string of the molecule is [CH2-]C(C)N.[W]. The quantitative estimate of drug-likeness (QED) is 0.602. The summed E-state index contributed by atoms with van der Waals surface area (Å²) >= 11 is 0. The zero-order valence-electron chi connectivity index (χ0n) is 3.27. The van der Waals surface area contributed by atoms with Crippen LogP contribution in [0.4, 0.5) is 0 Å². The van der Waals surface area contributed by atoms with E-state index in [2.05, 4.69) is 6.92 Å². The summed E-state index contributed by atoms with van der Waals surface area (Å²) in [5, 5.41) is 0. The molecule has 1 atom stereocenters. The van der Waals surface area contributed by atoms with Crippen molar-refractivity contribution in [3.05, 3.63) is 6.92 Å². The Morgan fingerprint density at radius 3 is 1.80 bits per heavy atom. The van der Waals surface area contributed by atoms with E-state index in [0.717, 1.165) is 0 Å². The summed E-state index contributed by atoms with van der Waals surface area (Å²) in [6, 6.07) is 0.0833. The van der Waals surface area contributed by atoms with E-state index in [4.69, 9.17) is 5.73 Å². The van der Waals surface area contributed by atoms with Gasteiger partial charge in [0.2, 0.25) is 0 Å². The van der Waals surface area contributed by atoms with Gasteiger partial charge in [0.1, 0.15) is 0 Å². The van der Waals surface area contributed by atoms with Crippen LogP contribution in [0.5, 0.6) is 0 Å². The Bertz CT molecular complexity index is 11.6. The normalized spacial score (nSPS) is 12.6. The van der Waals surface area contributed by atoms with Crippen LogP contribution in [0.15, 0.2) is 0 Å². The molecular weight excluding hydrogens is 234 g/mol. The molecule has 0 aromatic rings. The van der Waals surface area contributed by atoms with Gasteiger partial charge in [0, 0.05) is 21.1 Å². The van der Waals surface area contributed by atoms with Crippen molar-refractivity contribution in [2.75, 3.05) is 0 Å². The van der Waals surface area contributed by atoms with Crippen LogP contribution in [0.2, 0.25) is 0 Å². The van der Waals surface area contributed by atoms with Crippen LogP contribution in [-0.2, 0) is 21.1 Å². The number of hydrogen-bond acceptors (Lipinski definition) is 1. The van der Waals surface area contributed by atoms with Gasteiger partial charge in [-0.2, -0.15) is 0 Å². The molecule has 0 spiro atoms. The third kappa shape index (κ3) is 77.6. The summed E-state index contributed by atoms with van der Waals surface area (Å²) in [7, 11) is 0. The molecule has 0 saturated heterocycles. The second-order valence-electron chi connectivity index (χ2n) is 0.977. The minimum absolute atomic E-state index is 0. The molecule has 1 nitrogen and oxygen atoms in total. The maximum Gasteiger partial charge on any atom is 0 e. The van der Waals surface area contributed by atoms with E-state index in [9.17, 15) is 0 Å². The first kappa shape index (κ1) is 9.17. The summed E-state index contributed by atoms with van der Waals surface area (Å²) < 4.78 is 0. The van der Waals surface area contributed by atoms with E-state index in [1.54, 1.807) is 0 Å². The molecule has 0 aliphatic rings. The summed E-state index contributed by atoms with van der Waals surface area (Å²) in [6.45, 7) is 5.25. The molecule has 0 saturated carbocycles. The fraction of sp³-hybridized carbons (Fsp3) is 0.667. The van der Waals surface area contributed by atoms with Gasteiger partial charge >= 0.3 is 0 Å². The third-order valence-corrected chi connectivity index (χ3v) is 0. The van der Waals surface area contributed by atoms with Gasteiger partial charge in [-0.25, -0.2) is 0 Å². The van der Waals surface area contributed by atoms with E-state index in [-0.39, 0.29) is 27.1 Å².